The SMILES string of the molecule is CCc1noc(CC)c1CNC(=O)[C@@H]1CN(c2ccccn2)C[C@H]1C. The normalized spacial score (nSPS) is 20.0. The maximum absolute atomic E-state index is 12.7. The third kappa shape index (κ3) is 3.67. The van der Waals surface area contributed by atoms with Gasteiger partial charge in [-0.2, -0.15) is 0 Å². The van der Waals surface area contributed by atoms with E-state index in [1.807, 2.05) is 32.0 Å². The zero-order valence-corrected chi connectivity index (χ0v) is 15.2. The fourth-order valence-electron chi connectivity index (χ4n) is 3.48. The van der Waals surface area contributed by atoms with E-state index in [0.29, 0.717) is 19.0 Å². The van der Waals surface area contributed by atoms with Crippen molar-refractivity contribution < 1.29 is 9.32 Å². The number of hydrogen-bond donors (Lipinski definition) is 1. The highest BCUT2D eigenvalue weighted by molar-refractivity contribution is 5.80. The van der Waals surface area contributed by atoms with Gasteiger partial charge in [-0.15, -0.1) is 0 Å². The van der Waals surface area contributed by atoms with Gasteiger partial charge < -0.3 is 14.7 Å². The van der Waals surface area contributed by atoms with E-state index in [2.05, 4.69) is 27.3 Å². The van der Waals surface area contributed by atoms with Gasteiger partial charge in [-0.3, -0.25) is 4.79 Å². The number of carbonyl (C=O) groups is 1. The Morgan fingerprint density at radius 3 is 2.84 bits per heavy atom. The first-order valence-corrected chi connectivity index (χ1v) is 9.04. The topological polar surface area (TPSA) is 71.3 Å². The van der Waals surface area contributed by atoms with Crippen LogP contribution >= 0.6 is 0 Å². The van der Waals surface area contributed by atoms with Gasteiger partial charge in [0.15, 0.2) is 0 Å². The first kappa shape index (κ1) is 17.5. The van der Waals surface area contributed by atoms with E-state index in [4.69, 9.17) is 4.52 Å². The molecular weight excluding hydrogens is 316 g/mol. The molecule has 1 aliphatic rings. The molecule has 6 nitrogen and oxygen atoms in total. The lowest BCUT2D eigenvalue weighted by atomic mass is 9.97. The van der Waals surface area contributed by atoms with E-state index in [-0.39, 0.29) is 11.8 Å². The summed E-state index contributed by atoms with van der Waals surface area (Å²) < 4.78 is 5.37. The smallest absolute Gasteiger partial charge is 0.225 e. The van der Waals surface area contributed by atoms with Crippen LogP contribution in [0.3, 0.4) is 0 Å². The van der Waals surface area contributed by atoms with Crippen LogP contribution in [0.5, 0.6) is 0 Å². The molecule has 1 saturated heterocycles. The molecule has 0 saturated carbocycles. The third-order valence-electron chi connectivity index (χ3n) is 4.97. The molecule has 3 rings (SSSR count). The first-order chi connectivity index (χ1) is 12.1. The van der Waals surface area contributed by atoms with Gasteiger partial charge in [0.2, 0.25) is 5.91 Å². The molecule has 3 heterocycles. The number of anilines is 1. The van der Waals surface area contributed by atoms with Gasteiger partial charge in [0, 0.05) is 37.8 Å². The van der Waals surface area contributed by atoms with Crippen molar-refractivity contribution in [2.75, 3.05) is 18.0 Å². The third-order valence-corrected chi connectivity index (χ3v) is 4.97. The van der Waals surface area contributed by atoms with Crippen molar-refractivity contribution in [3.05, 3.63) is 41.4 Å². The number of amides is 1. The lowest BCUT2D eigenvalue weighted by molar-refractivity contribution is -0.125. The van der Waals surface area contributed by atoms with Crippen LogP contribution in [0.1, 0.15) is 37.8 Å². The molecule has 0 unspecified atom stereocenters. The summed E-state index contributed by atoms with van der Waals surface area (Å²) in [5.41, 5.74) is 1.97. The Morgan fingerprint density at radius 1 is 1.32 bits per heavy atom. The van der Waals surface area contributed by atoms with Gasteiger partial charge >= 0.3 is 0 Å². The number of aryl methyl sites for hydroxylation is 2. The Morgan fingerprint density at radius 2 is 2.16 bits per heavy atom. The van der Waals surface area contributed by atoms with Crippen molar-refractivity contribution in [3.8, 4) is 0 Å². The molecule has 1 amide bonds. The molecule has 25 heavy (non-hydrogen) atoms. The number of aromatic nitrogens is 2. The Labute approximate surface area is 148 Å². The van der Waals surface area contributed by atoms with Gasteiger partial charge in [0.05, 0.1) is 11.6 Å². The zero-order valence-electron chi connectivity index (χ0n) is 15.2. The Kier molecular flexibility index (Phi) is 5.36. The minimum Gasteiger partial charge on any atom is -0.361 e. The monoisotopic (exact) mass is 342 g/mol. The summed E-state index contributed by atoms with van der Waals surface area (Å²) in [5, 5.41) is 7.20. The summed E-state index contributed by atoms with van der Waals surface area (Å²) in [4.78, 5) is 19.3. The van der Waals surface area contributed by atoms with Crippen LogP contribution in [0, 0.1) is 11.8 Å². The summed E-state index contributed by atoms with van der Waals surface area (Å²) in [5.74, 6) is 2.16. The molecule has 134 valence electrons. The second-order valence-corrected chi connectivity index (χ2v) is 6.63. The molecule has 1 aliphatic heterocycles. The summed E-state index contributed by atoms with van der Waals surface area (Å²) in [6, 6.07) is 5.87. The summed E-state index contributed by atoms with van der Waals surface area (Å²) in [6.45, 7) is 8.25. The van der Waals surface area contributed by atoms with E-state index in [1.165, 1.54) is 0 Å². The summed E-state index contributed by atoms with van der Waals surface area (Å²) >= 11 is 0. The average Bonchev–Trinajstić information content (AvgIpc) is 3.23. The number of nitrogens with one attached hydrogen (secondary N) is 1. The van der Waals surface area contributed by atoms with Crippen molar-refractivity contribution in [1.29, 1.82) is 0 Å². The van der Waals surface area contributed by atoms with Gasteiger partial charge in [0.1, 0.15) is 11.6 Å². The van der Waals surface area contributed by atoms with E-state index >= 15 is 0 Å². The highest BCUT2D eigenvalue weighted by Gasteiger charge is 2.35. The number of hydrogen-bond acceptors (Lipinski definition) is 5. The highest BCUT2D eigenvalue weighted by Crippen LogP contribution is 2.27. The Hall–Kier alpha value is -2.37. The van der Waals surface area contributed by atoms with Gasteiger partial charge in [0.25, 0.3) is 0 Å². The summed E-state index contributed by atoms with van der Waals surface area (Å²) in [6.07, 6.45) is 3.38. The molecule has 2 aromatic heterocycles. The Bertz CT molecular complexity index is 692. The van der Waals surface area contributed by atoms with Crippen LogP contribution in [0.25, 0.3) is 0 Å². The number of pyridine rings is 1. The molecule has 0 spiro atoms. The van der Waals surface area contributed by atoms with Crippen LogP contribution in [0.4, 0.5) is 5.82 Å². The number of carbonyl (C=O) groups excluding carboxylic acids is 1. The van der Waals surface area contributed by atoms with E-state index in [9.17, 15) is 4.79 Å². The van der Waals surface area contributed by atoms with Crippen molar-refractivity contribution >= 4 is 11.7 Å². The first-order valence-electron chi connectivity index (χ1n) is 9.04. The van der Waals surface area contributed by atoms with Crippen molar-refractivity contribution in [1.82, 2.24) is 15.5 Å². The van der Waals surface area contributed by atoms with Crippen LogP contribution in [-0.4, -0.2) is 29.1 Å². The summed E-state index contributed by atoms with van der Waals surface area (Å²) in [7, 11) is 0. The van der Waals surface area contributed by atoms with E-state index in [1.54, 1.807) is 6.20 Å². The quantitative estimate of drug-likeness (QED) is 0.874. The van der Waals surface area contributed by atoms with Gasteiger partial charge in [-0.25, -0.2) is 4.98 Å². The Balaban J connectivity index is 1.63. The van der Waals surface area contributed by atoms with E-state index in [0.717, 1.165) is 42.2 Å². The lowest BCUT2D eigenvalue weighted by Crippen LogP contribution is -2.34. The predicted molar refractivity (Wildman–Crippen MR) is 96.2 cm³/mol. The molecule has 0 bridgehead atoms. The minimum absolute atomic E-state index is 0.0305. The largest absolute Gasteiger partial charge is 0.361 e. The molecule has 2 atom stereocenters. The van der Waals surface area contributed by atoms with Gasteiger partial charge in [-0.05, 0) is 24.5 Å². The predicted octanol–water partition coefficient (Wildman–Crippen LogP) is 2.58. The minimum atomic E-state index is -0.0305. The number of rotatable bonds is 6. The van der Waals surface area contributed by atoms with Gasteiger partial charge in [-0.1, -0.05) is 32.0 Å². The lowest BCUT2D eigenvalue weighted by Gasteiger charge is -2.17. The second-order valence-electron chi connectivity index (χ2n) is 6.63. The molecule has 0 aromatic carbocycles. The molecule has 0 radical (unpaired) electrons. The molecule has 1 N–H and O–H groups in total. The van der Waals surface area contributed by atoms with Crippen molar-refractivity contribution in [2.24, 2.45) is 11.8 Å². The van der Waals surface area contributed by atoms with Crippen LogP contribution in [-0.2, 0) is 24.2 Å². The molecule has 0 aliphatic carbocycles. The standard InChI is InChI=1S/C19H26N4O2/c1-4-16-14(17(5-2)25-22-16)10-21-19(24)15-12-23(11-13(15)3)18-8-6-7-9-20-18/h6-9,13,15H,4-5,10-12H2,1-3H3,(H,21,24)/t13-,15-/m1/s1. The molecular formula is C19H26N4O2. The molecule has 2 aromatic rings. The maximum atomic E-state index is 12.7. The van der Waals surface area contributed by atoms with Crippen LogP contribution in [0.2, 0.25) is 0 Å². The fraction of sp³-hybridized carbons (Fsp3) is 0.526. The maximum Gasteiger partial charge on any atom is 0.225 e. The fourth-order valence-corrected chi connectivity index (χ4v) is 3.48. The van der Waals surface area contributed by atoms with Crippen molar-refractivity contribution in [2.45, 2.75) is 40.2 Å². The van der Waals surface area contributed by atoms with Crippen molar-refractivity contribution in [3.63, 3.8) is 0 Å². The zero-order chi connectivity index (χ0) is 17.8. The van der Waals surface area contributed by atoms with Crippen LogP contribution < -0.4 is 10.2 Å². The van der Waals surface area contributed by atoms with E-state index < -0.39 is 0 Å². The van der Waals surface area contributed by atoms with Crippen LogP contribution in [0.15, 0.2) is 28.9 Å². The molecule has 6 heteroatoms. The second kappa shape index (κ2) is 7.68. The molecule has 1 fully saturated rings. The highest BCUT2D eigenvalue weighted by atomic mass is 16.5. The number of nitrogens with zero attached hydrogens (tertiary/aromatic N) is 3. The average molecular weight is 342 g/mol.